The molecule has 1 atom stereocenters. The van der Waals surface area contributed by atoms with Gasteiger partial charge < -0.3 is 9.73 Å². The zero-order valence-corrected chi connectivity index (χ0v) is 12.8. The van der Waals surface area contributed by atoms with Crippen molar-refractivity contribution in [2.24, 2.45) is 0 Å². The highest BCUT2D eigenvalue weighted by molar-refractivity contribution is 7.89. The molecule has 1 aliphatic rings. The number of hydrogen-bond donors (Lipinski definition) is 2. The lowest BCUT2D eigenvalue weighted by molar-refractivity contribution is -0.116. The third kappa shape index (κ3) is 2.90. The second-order valence-electron chi connectivity index (χ2n) is 5.23. The van der Waals surface area contributed by atoms with Crippen molar-refractivity contribution in [3.05, 3.63) is 47.9 Å². The molecule has 0 saturated heterocycles. The van der Waals surface area contributed by atoms with E-state index in [9.17, 15) is 13.2 Å². The molecule has 2 aromatic rings. The minimum Gasteiger partial charge on any atom is -0.468 e. The van der Waals surface area contributed by atoms with Crippen LogP contribution in [0.5, 0.6) is 0 Å². The van der Waals surface area contributed by atoms with Gasteiger partial charge in [0.05, 0.1) is 17.2 Å². The van der Waals surface area contributed by atoms with Crippen LogP contribution in [0.1, 0.15) is 30.7 Å². The number of amides is 1. The lowest BCUT2D eigenvalue weighted by atomic mass is 10.0. The first-order chi connectivity index (χ1) is 10.5. The molecule has 0 unspecified atom stereocenters. The highest BCUT2D eigenvalue weighted by Crippen LogP contribution is 2.26. The zero-order valence-electron chi connectivity index (χ0n) is 12.0. The maximum Gasteiger partial charge on any atom is 0.241 e. The van der Waals surface area contributed by atoms with E-state index in [0.717, 1.165) is 5.56 Å². The summed E-state index contributed by atoms with van der Waals surface area (Å²) in [5.74, 6) is 0.501. The molecular formula is C15H16N2O4S. The summed E-state index contributed by atoms with van der Waals surface area (Å²) in [4.78, 5) is 11.5. The van der Waals surface area contributed by atoms with E-state index >= 15 is 0 Å². The van der Waals surface area contributed by atoms with Crippen molar-refractivity contribution in [2.75, 3.05) is 5.32 Å². The van der Waals surface area contributed by atoms with Gasteiger partial charge in [0.1, 0.15) is 5.76 Å². The molecule has 22 heavy (non-hydrogen) atoms. The molecule has 0 spiro atoms. The Morgan fingerprint density at radius 1 is 1.27 bits per heavy atom. The van der Waals surface area contributed by atoms with Gasteiger partial charge in [0.2, 0.25) is 15.9 Å². The Kier molecular flexibility index (Phi) is 3.76. The highest BCUT2D eigenvalue weighted by Gasteiger charge is 2.22. The van der Waals surface area contributed by atoms with Crippen molar-refractivity contribution in [2.45, 2.75) is 30.7 Å². The Balaban J connectivity index is 1.85. The lowest BCUT2D eigenvalue weighted by Crippen LogP contribution is -2.27. The predicted octanol–water partition coefficient (Wildman–Crippen LogP) is 2.20. The molecule has 0 fully saturated rings. The van der Waals surface area contributed by atoms with Crippen molar-refractivity contribution < 1.29 is 17.6 Å². The van der Waals surface area contributed by atoms with Gasteiger partial charge in [-0.2, -0.15) is 0 Å². The number of fused-ring (bicyclic) bond motifs is 1. The van der Waals surface area contributed by atoms with Crippen molar-refractivity contribution in [1.82, 2.24) is 4.72 Å². The van der Waals surface area contributed by atoms with Gasteiger partial charge >= 0.3 is 0 Å². The smallest absolute Gasteiger partial charge is 0.241 e. The Hall–Kier alpha value is -2.12. The van der Waals surface area contributed by atoms with E-state index in [1.165, 1.54) is 12.3 Å². The molecule has 1 aliphatic heterocycles. The number of nitrogens with one attached hydrogen (secondary N) is 2. The second kappa shape index (κ2) is 5.58. The van der Waals surface area contributed by atoms with Crippen LogP contribution < -0.4 is 10.0 Å². The van der Waals surface area contributed by atoms with Crippen LogP contribution in [-0.2, 0) is 21.2 Å². The minimum atomic E-state index is -3.66. The molecule has 2 N–H and O–H groups in total. The summed E-state index contributed by atoms with van der Waals surface area (Å²) in [6.45, 7) is 1.72. The van der Waals surface area contributed by atoms with Crippen molar-refractivity contribution in [3.63, 3.8) is 0 Å². The number of carbonyl (C=O) groups is 1. The monoisotopic (exact) mass is 320 g/mol. The normalized spacial score (nSPS) is 16.0. The van der Waals surface area contributed by atoms with Crippen LogP contribution in [0.25, 0.3) is 0 Å². The molecule has 6 nitrogen and oxygen atoms in total. The van der Waals surface area contributed by atoms with Crippen LogP contribution in [0.4, 0.5) is 5.69 Å². The first-order valence-corrected chi connectivity index (χ1v) is 8.42. The van der Waals surface area contributed by atoms with Gasteiger partial charge in [0, 0.05) is 12.1 Å². The zero-order chi connectivity index (χ0) is 15.7. The average Bonchev–Trinajstić information content (AvgIpc) is 3.00. The highest BCUT2D eigenvalue weighted by atomic mass is 32.2. The van der Waals surface area contributed by atoms with Crippen LogP contribution >= 0.6 is 0 Å². The number of anilines is 1. The van der Waals surface area contributed by atoms with E-state index in [1.807, 2.05) is 0 Å². The maximum atomic E-state index is 12.4. The molecule has 1 amide bonds. The van der Waals surface area contributed by atoms with Gasteiger partial charge in [-0.1, -0.05) is 0 Å². The van der Waals surface area contributed by atoms with Gasteiger partial charge in [0.15, 0.2) is 0 Å². The van der Waals surface area contributed by atoms with Gasteiger partial charge in [0.25, 0.3) is 0 Å². The Labute approximate surface area is 128 Å². The average molecular weight is 320 g/mol. The summed E-state index contributed by atoms with van der Waals surface area (Å²) >= 11 is 0. The summed E-state index contributed by atoms with van der Waals surface area (Å²) in [5, 5.41) is 2.73. The van der Waals surface area contributed by atoms with Crippen LogP contribution in [0.3, 0.4) is 0 Å². The van der Waals surface area contributed by atoms with E-state index in [2.05, 4.69) is 10.0 Å². The standard InChI is InChI=1S/C15H16N2O4S/c1-10(14-3-2-8-21-14)17-22(19,20)12-5-6-13-11(9-12)4-7-15(18)16-13/h2-3,5-6,8-10,17H,4,7H2,1H3,(H,16,18)/t10-/m0/s1. The Morgan fingerprint density at radius 3 is 2.82 bits per heavy atom. The lowest BCUT2D eigenvalue weighted by Gasteiger charge is -2.18. The fourth-order valence-electron chi connectivity index (χ4n) is 2.42. The molecule has 3 rings (SSSR count). The van der Waals surface area contributed by atoms with Crippen LogP contribution in [-0.4, -0.2) is 14.3 Å². The maximum absolute atomic E-state index is 12.4. The number of benzene rings is 1. The van der Waals surface area contributed by atoms with E-state index in [0.29, 0.717) is 24.3 Å². The fraction of sp³-hybridized carbons (Fsp3) is 0.267. The number of aryl methyl sites for hydroxylation is 1. The van der Waals surface area contributed by atoms with Gasteiger partial charge in [-0.05, 0) is 49.2 Å². The number of carbonyl (C=O) groups excluding carboxylic acids is 1. The predicted molar refractivity (Wildman–Crippen MR) is 80.8 cm³/mol. The largest absolute Gasteiger partial charge is 0.468 e. The Bertz CT molecular complexity index is 797. The molecule has 7 heteroatoms. The summed E-state index contributed by atoms with van der Waals surface area (Å²) in [5.41, 5.74) is 1.50. The summed E-state index contributed by atoms with van der Waals surface area (Å²) in [6.07, 6.45) is 2.41. The topological polar surface area (TPSA) is 88.4 Å². The van der Waals surface area contributed by atoms with Crippen LogP contribution in [0, 0.1) is 0 Å². The molecule has 0 radical (unpaired) electrons. The quantitative estimate of drug-likeness (QED) is 0.904. The molecule has 0 aliphatic carbocycles. The molecule has 1 aromatic carbocycles. The molecule has 1 aromatic heterocycles. The van der Waals surface area contributed by atoms with E-state index in [4.69, 9.17) is 4.42 Å². The summed E-state index contributed by atoms with van der Waals surface area (Å²) in [6, 6.07) is 7.68. The number of furan rings is 1. The summed E-state index contributed by atoms with van der Waals surface area (Å²) in [7, 11) is -3.66. The molecule has 0 bridgehead atoms. The third-order valence-electron chi connectivity index (χ3n) is 3.58. The SMILES string of the molecule is C[C@H](NS(=O)(=O)c1ccc2c(c1)CCC(=O)N2)c1ccco1. The van der Waals surface area contributed by atoms with E-state index < -0.39 is 16.1 Å². The number of hydrogen-bond acceptors (Lipinski definition) is 4. The fourth-order valence-corrected chi connectivity index (χ4v) is 3.69. The van der Waals surface area contributed by atoms with Crippen LogP contribution in [0.2, 0.25) is 0 Å². The third-order valence-corrected chi connectivity index (χ3v) is 5.12. The van der Waals surface area contributed by atoms with Gasteiger partial charge in [-0.25, -0.2) is 13.1 Å². The molecule has 2 heterocycles. The van der Waals surface area contributed by atoms with E-state index in [1.54, 1.807) is 31.2 Å². The first kappa shape index (κ1) is 14.8. The molecule has 116 valence electrons. The Morgan fingerprint density at radius 2 is 2.09 bits per heavy atom. The van der Waals surface area contributed by atoms with Gasteiger partial charge in [-0.15, -0.1) is 0 Å². The first-order valence-electron chi connectivity index (χ1n) is 6.94. The number of rotatable bonds is 4. The van der Waals surface area contributed by atoms with E-state index in [-0.39, 0.29) is 10.8 Å². The number of sulfonamides is 1. The van der Waals surface area contributed by atoms with Gasteiger partial charge in [-0.3, -0.25) is 4.79 Å². The molecule has 0 saturated carbocycles. The van der Waals surface area contributed by atoms with Crippen molar-refractivity contribution >= 4 is 21.6 Å². The molecular weight excluding hydrogens is 304 g/mol. The summed E-state index contributed by atoms with van der Waals surface area (Å²) < 4.78 is 32.7. The van der Waals surface area contributed by atoms with Crippen LogP contribution in [0.15, 0.2) is 45.9 Å². The van der Waals surface area contributed by atoms with Crippen molar-refractivity contribution in [1.29, 1.82) is 0 Å². The minimum absolute atomic E-state index is 0.0485. The van der Waals surface area contributed by atoms with Crippen molar-refractivity contribution in [3.8, 4) is 0 Å². The second-order valence-corrected chi connectivity index (χ2v) is 6.94.